The number of benzene rings is 2. The van der Waals surface area contributed by atoms with Crippen LogP contribution in [0.15, 0.2) is 53.0 Å². The fourth-order valence-electron chi connectivity index (χ4n) is 2.84. The van der Waals surface area contributed by atoms with Crippen LogP contribution in [0.2, 0.25) is 0 Å². The Morgan fingerprint density at radius 3 is 2.60 bits per heavy atom. The van der Waals surface area contributed by atoms with Gasteiger partial charge in [0.2, 0.25) is 0 Å². The summed E-state index contributed by atoms with van der Waals surface area (Å²) < 4.78 is 1.03. The van der Waals surface area contributed by atoms with E-state index in [1.165, 1.54) is 0 Å². The standard InChI is InChI=1S/C16H17BrN2O/c1-16(11-6-4-3-5-7-11)13-10-12(17)8-9-14(13)18-15(20)19(16)2/h3-10,15,18,20H,1-2H3. The van der Waals surface area contributed by atoms with E-state index in [1.54, 1.807) is 0 Å². The maximum absolute atomic E-state index is 10.3. The summed E-state index contributed by atoms with van der Waals surface area (Å²) in [7, 11) is 1.93. The fraction of sp³-hybridized carbons (Fsp3) is 0.250. The largest absolute Gasteiger partial charge is 0.361 e. The monoisotopic (exact) mass is 332 g/mol. The molecule has 20 heavy (non-hydrogen) atoms. The van der Waals surface area contributed by atoms with Crippen LogP contribution in [0, 0.1) is 0 Å². The Hall–Kier alpha value is -1.36. The third-order valence-electron chi connectivity index (χ3n) is 4.20. The van der Waals surface area contributed by atoms with Crippen molar-refractivity contribution in [3.05, 3.63) is 64.1 Å². The second-order valence-corrected chi connectivity index (χ2v) is 6.17. The topological polar surface area (TPSA) is 35.5 Å². The number of halogens is 1. The molecule has 1 aliphatic heterocycles. The molecule has 4 heteroatoms. The second-order valence-electron chi connectivity index (χ2n) is 5.26. The van der Waals surface area contributed by atoms with Crippen LogP contribution < -0.4 is 5.32 Å². The maximum atomic E-state index is 10.3. The van der Waals surface area contributed by atoms with E-state index in [9.17, 15) is 5.11 Å². The zero-order valence-corrected chi connectivity index (χ0v) is 13.1. The molecule has 3 rings (SSSR count). The van der Waals surface area contributed by atoms with Gasteiger partial charge in [-0.05, 0) is 37.7 Å². The third-order valence-corrected chi connectivity index (χ3v) is 4.69. The van der Waals surface area contributed by atoms with E-state index in [0.29, 0.717) is 0 Å². The predicted molar refractivity (Wildman–Crippen MR) is 84.4 cm³/mol. The highest BCUT2D eigenvalue weighted by atomic mass is 79.9. The highest BCUT2D eigenvalue weighted by Crippen LogP contribution is 2.43. The smallest absolute Gasteiger partial charge is 0.184 e. The Balaban J connectivity index is 2.26. The molecule has 2 atom stereocenters. The molecule has 0 aromatic heterocycles. The van der Waals surface area contributed by atoms with Gasteiger partial charge in [-0.2, -0.15) is 0 Å². The highest BCUT2D eigenvalue weighted by Gasteiger charge is 2.42. The highest BCUT2D eigenvalue weighted by molar-refractivity contribution is 9.10. The molecule has 1 heterocycles. The van der Waals surface area contributed by atoms with Crippen LogP contribution >= 0.6 is 15.9 Å². The van der Waals surface area contributed by atoms with Crippen molar-refractivity contribution in [1.29, 1.82) is 0 Å². The van der Waals surface area contributed by atoms with Crippen molar-refractivity contribution in [2.24, 2.45) is 0 Å². The van der Waals surface area contributed by atoms with Crippen molar-refractivity contribution < 1.29 is 5.11 Å². The van der Waals surface area contributed by atoms with Gasteiger partial charge in [-0.25, -0.2) is 0 Å². The van der Waals surface area contributed by atoms with Crippen molar-refractivity contribution in [2.75, 3.05) is 12.4 Å². The number of anilines is 1. The van der Waals surface area contributed by atoms with Crippen LogP contribution in [0.4, 0.5) is 5.69 Å². The summed E-state index contributed by atoms with van der Waals surface area (Å²) >= 11 is 3.54. The summed E-state index contributed by atoms with van der Waals surface area (Å²) in [5, 5.41) is 13.4. The first kappa shape index (κ1) is 13.6. The molecule has 0 amide bonds. The van der Waals surface area contributed by atoms with Crippen molar-refractivity contribution in [1.82, 2.24) is 4.90 Å². The Labute approximate surface area is 127 Å². The summed E-state index contributed by atoms with van der Waals surface area (Å²) in [6, 6.07) is 16.3. The van der Waals surface area contributed by atoms with Crippen LogP contribution in [-0.2, 0) is 5.54 Å². The first-order valence-electron chi connectivity index (χ1n) is 6.56. The predicted octanol–water partition coefficient (Wildman–Crippen LogP) is 3.35. The SMILES string of the molecule is CN1C(O)Nc2ccc(Br)cc2C1(C)c1ccccc1. The minimum Gasteiger partial charge on any atom is -0.361 e. The quantitative estimate of drug-likeness (QED) is 0.840. The normalized spacial score (nSPS) is 25.9. The summed E-state index contributed by atoms with van der Waals surface area (Å²) in [4.78, 5) is 1.94. The number of hydrogen-bond acceptors (Lipinski definition) is 3. The molecule has 2 aromatic carbocycles. The van der Waals surface area contributed by atoms with Crippen LogP contribution in [0.3, 0.4) is 0 Å². The number of rotatable bonds is 1. The molecular weight excluding hydrogens is 316 g/mol. The molecule has 0 spiro atoms. The molecule has 0 radical (unpaired) electrons. The van der Waals surface area contributed by atoms with Gasteiger partial charge < -0.3 is 10.4 Å². The Morgan fingerprint density at radius 1 is 1.20 bits per heavy atom. The van der Waals surface area contributed by atoms with Crippen LogP contribution in [0.5, 0.6) is 0 Å². The van der Waals surface area contributed by atoms with Crippen molar-refractivity contribution >= 4 is 21.6 Å². The van der Waals surface area contributed by atoms with Crippen LogP contribution in [0.1, 0.15) is 18.1 Å². The van der Waals surface area contributed by atoms with Gasteiger partial charge in [-0.1, -0.05) is 46.3 Å². The lowest BCUT2D eigenvalue weighted by molar-refractivity contribution is -0.0194. The molecule has 2 unspecified atom stereocenters. The Bertz CT molecular complexity index is 632. The summed E-state index contributed by atoms with van der Waals surface area (Å²) in [5.74, 6) is 0. The zero-order valence-electron chi connectivity index (χ0n) is 11.5. The second kappa shape index (κ2) is 4.88. The van der Waals surface area contributed by atoms with E-state index >= 15 is 0 Å². The molecule has 0 saturated carbocycles. The number of aliphatic hydroxyl groups is 1. The van der Waals surface area contributed by atoms with E-state index in [4.69, 9.17) is 0 Å². The van der Waals surface area contributed by atoms with E-state index < -0.39 is 6.35 Å². The summed E-state index contributed by atoms with van der Waals surface area (Å²) in [6.07, 6.45) is -0.714. The molecule has 0 bridgehead atoms. The number of aliphatic hydroxyl groups excluding tert-OH is 1. The third kappa shape index (κ3) is 1.95. The van der Waals surface area contributed by atoms with Gasteiger partial charge in [-0.3, -0.25) is 4.90 Å². The maximum Gasteiger partial charge on any atom is 0.184 e. The van der Waals surface area contributed by atoms with E-state index in [-0.39, 0.29) is 5.54 Å². The lowest BCUT2D eigenvalue weighted by Crippen LogP contribution is -2.54. The number of nitrogens with zero attached hydrogens (tertiary/aromatic N) is 1. The van der Waals surface area contributed by atoms with Gasteiger partial charge in [0.05, 0.1) is 5.54 Å². The average molecular weight is 333 g/mol. The molecule has 0 fully saturated rings. The lowest BCUT2D eigenvalue weighted by atomic mass is 9.81. The van der Waals surface area contributed by atoms with Gasteiger partial charge in [0.15, 0.2) is 6.35 Å². The molecule has 0 saturated heterocycles. The molecule has 3 nitrogen and oxygen atoms in total. The van der Waals surface area contributed by atoms with Crippen molar-refractivity contribution in [2.45, 2.75) is 18.8 Å². The molecular formula is C16H17BrN2O. The molecule has 104 valence electrons. The van der Waals surface area contributed by atoms with Gasteiger partial charge in [0, 0.05) is 15.7 Å². The van der Waals surface area contributed by atoms with Gasteiger partial charge >= 0.3 is 0 Å². The molecule has 2 N–H and O–H groups in total. The van der Waals surface area contributed by atoms with Gasteiger partial charge in [0.25, 0.3) is 0 Å². The van der Waals surface area contributed by atoms with Gasteiger partial charge in [-0.15, -0.1) is 0 Å². The zero-order chi connectivity index (χ0) is 14.3. The Kier molecular flexibility index (Phi) is 3.32. The Morgan fingerprint density at radius 2 is 1.90 bits per heavy atom. The fourth-order valence-corrected chi connectivity index (χ4v) is 3.20. The van der Waals surface area contributed by atoms with Crippen LogP contribution in [0.25, 0.3) is 0 Å². The number of fused-ring (bicyclic) bond motifs is 1. The molecule has 0 aliphatic carbocycles. The summed E-state index contributed by atoms with van der Waals surface area (Å²) in [5.41, 5.74) is 2.88. The minimum absolute atomic E-state index is 0.384. The minimum atomic E-state index is -0.714. The average Bonchev–Trinajstić information content (AvgIpc) is 2.47. The van der Waals surface area contributed by atoms with E-state index in [2.05, 4.69) is 46.4 Å². The molecule has 1 aliphatic rings. The number of nitrogens with one attached hydrogen (secondary N) is 1. The first-order valence-corrected chi connectivity index (χ1v) is 7.36. The van der Waals surface area contributed by atoms with Gasteiger partial charge in [0.1, 0.15) is 0 Å². The number of hydrogen-bond donors (Lipinski definition) is 2. The first-order chi connectivity index (χ1) is 9.53. The van der Waals surface area contributed by atoms with E-state index in [0.717, 1.165) is 21.3 Å². The van der Waals surface area contributed by atoms with Crippen LogP contribution in [-0.4, -0.2) is 23.4 Å². The summed E-state index contributed by atoms with van der Waals surface area (Å²) in [6.45, 7) is 2.14. The van der Waals surface area contributed by atoms with Crippen molar-refractivity contribution in [3.8, 4) is 0 Å². The van der Waals surface area contributed by atoms with E-state index in [1.807, 2.05) is 42.3 Å². The van der Waals surface area contributed by atoms with Crippen molar-refractivity contribution in [3.63, 3.8) is 0 Å². The molecule has 2 aromatic rings. The lowest BCUT2D eigenvalue weighted by Gasteiger charge is -2.47.